The lowest BCUT2D eigenvalue weighted by atomic mass is 10.0. The number of piperidine rings is 1. The average Bonchev–Trinajstić information content (AvgIpc) is 2.73. The molecule has 1 N–H and O–H groups in total. The van der Waals surface area contributed by atoms with Gasteiger partial charge >= 0.3 is 0 Å². The van der Waals surface area contributed by atoms with Crippen LogP contribution in [0.25, 0.3) is 0 Å². The molecular formula is C21H24N2O4. The minimum Gasteiger partial charge on any atom is -0.497 e. The van der Waals surface area contributed by atoms with Gasteiger partial charge in [0.1, 0.15) is 11.5 Å². The molecule has 0 atom stereocenters. The highest BCUT2D eigenvalue weighted by atomic mass is 16.5. The number of nitrogens with zero attached hydrogens (tertiary/aromatic N) is 1. The number of carbonyl (C=O) groups is 2. The van der Waals surface area contributed by atoms with E-state index in [-0.39, 0.29) is 17.9 Å². The monoisotopic (exact) mass is 368 g/mol. The Kier molecular flexibility index (Phi) is 5.96. The minimum absolute atomic E-state index is 0.0370. The molecule has 0 aliphatic carbocycles. The van der Waals surface area contributed by atoms with E-state index in [0.717, 1.165) is 12.8 Å². The number of methoxy groups -OCH3 is 2. The molecule has 0 saturated carbocycles. The van der Waals surface area contributed by atoms with Gasteiger partial charge in [0.2, 0.25) is 0 Å². The van der Waals surface area contributed by atoms with E-state index in [0.29, 0.717) is 35.7 Å². The van der Waals surface area contributed by atoms with Crippen molar-refractivity contribution in [2.45, 2.75) is 18.9 Å². The summed E-state index contributed by atoms with van der Waals surface area (Å²) >= 11 is 0. The molecule has 0 bridgehead atoms. The average molecular weight is 368 g/mol. The van der Waals surface area contributed by atoms with Gasteiger partial charge in [0, 0.05) is 24.7 Å². The summed E-state index contributed by atoms with van der Waals surface area (Å²) in [4.78, 5) is 27.0. The topological polar surface area (TPSA) is 67.9 Å². The van der Waals surface area contributed by atoms with Crippen molar-refractivity contribution < 1.29 is 19.1 Å². The maximum atomic E-state index is 12.7. The highest BCUT2D eigenvalue weighted by Crippen LogP contribution is 2.22. The predicted molar refractivity (Wildman–Crippen MR) is 102 cm³/mol. The number of ether oxygens (including phenoxy) is 2. The lowest BCUT2D eigenvalue weighted by molar-refractivity contribution is 0.0695. The van der Waals surface area contributed by atoms with Gasteiger partial charge in [-0.15, -0.1) is 0 Å². The molecule has 3 rings (SSSR count). The Hall–Kier alpha value is -3.02. The van der Waals surface area contributed by atoms with E-state index >= 15 is 0 Å². The third-order valence-electron chi connectivity index (χ3n) is 4.79. The molecule has 1 aliphatic heterocycles. The zero-order valence-electron chi connectivity index (χ0n) is 15.6. The predicted octanol–water partition coefficient (Wildman–Crippen LogP) is 2.74. The third kappa shape index (κ3) is 4.39. The SMILES string of the molecule is COc1cccc(C(=O)NC2CCN(C(=O)c3ccccc3OC)CC2)c1. The number of hydrogen-bond donors (Lipinski definition) is 1. The first-order valence-corrected chi connectivity index (χ1v) is 8.99. The molecule has 0 radical (unpaired) electrons. The van der Waals surface area contributed by atoms with E-state index in [4.69, 9.17) is 9.47 Å². The second-order valence-electron chi connectivity index (χ2n) is 6.47. The standard InChI is InChI=1S/C21H24N2O4/c1-26-17-7-5-6-15(14-17)20(24)22-16-10-12-23(13-11-16)21(25)18-8-3-4-9-19(18)27-2/h3-9,14,16H,10-13H2,1-2H3,(H,22,24). The molecule has 1 fully saturated rings. The van der Waals surface area contributed by atoms with Crippen molar-refractivity contribution in [1.82, 2.24) is 10.2 Å². The number of amides is 2. The van der Waals surface area contributed by atoms with E-state index in [2.05, 4.69) is 5.32 Å². The number of nitrogens with one attached hydrogen (secondary N) is 1. The Bertz CT molecular complexity index is 813. The van der Waals surface area contributed by atoms with Gasteiger partial charge in [-0.3, -0.25) is 9.59 Å². The molecule has 1 saturated heterocycles. The molecule has 2 aromatic rings. The molecule has 1 aliphatic rings. The lowest BCUT2D eigenvalue weighted by Gasteiger charge is -2.32. The van der Waals surface area contributed by atoms with Gasteiger partial charge in [0.25, 0.3) is 11.8 Å². The van der Waals surface area contributed by atoms with Crippen molar-refractivity contribution >= 4 is 11.8 Å². The first-order valence-electron chi connectivity index (χ1n) is 8.99. The molecule has 27 heavy (non-hydrogen) atoms. The Morgan fingerprint density at radius 2 is 1.74 bits per heavy atom. The minimum atomic E-state index is -0.122. The van der Waals surface area contributed by atoms with Gasteiger partial charge in [-0.25, -0.2) is 0 Å². The van der Waals surface area contributed by atoms with Crippen LogP contribution in [0.5, 0.6) is 11.5 Å². The molecule has 2 amide bonds. The zero-order chi connectivity index (χ0) is 19.2. The summed E-state index contributed by atoms with van der Waals surface area (Å²) in [5.41, 5.74) is 1.14. The highest BCUT2D eigenvalue weighted by molar-refractivity contribution is 5.97. The number of likely N-dealkylation sites (tertiary alicyclic amines) is 1. The van der Waals surface area contributed by atoms with Crippen LogP contribution < -0.4 is 14.8 Å². The second kappa shape index (κ2) is 8.58. The van der Waals surface area contributed by atoms with Crippen molar-refractivity contribution in [2.24, 2.45) is 0 Å². The molecule has 142 valence electrons. The molecule has 1 heterocycles. The Labute approximate surface area is 159 Å². The van der Waals surface area contributed by atoms with Crippen LogP contribution in [0.15, 0.2) is 48.5 Å². The van der Waals surface area contributed by atoms with Crippen LogP contribution in [-0.2, 0) is 0 Å². The highest BCUT2D eigenvalue weighted by Gasteiger charge is 2.26. The number of carbonyl (C=O) groups excluding carboxylic acids is 2. The lowest BCUT2D eigenvalue weighted by Crippen LogP contribution is -2.46. The molecule has 0 unspecified atom stereocenters. The van der Waals surface area contributed by atoms with Crippen molar-refractivity contribution in [1.29, 1.82) is 0 Å². The first-order chi connectivity index (χ1) is 13.1. The zero-order valence-corrected chi connectivity index (χ0v) is 15.6. The first kappa shape index (κ1) is 18.8. The fraction of sp³-hybridized carbons (Fsp3) is 0.333. The van der Waals surface area contributed by atoms with Crippen LogP contribution in [0, 0.1) is 0 Å². The number of para-hydroxylation sites is 1. The van der Waals surface area contributed by atoms with Crippen LogP contribution >= 0.6 is 0 Å². The Balaban J connectivity index is 1.57. The molecule has 0 aromatic heterocycles. The number of benzene rings is 2. The summed E-state index contributed by atoms with van der Waals surface area (Å²) in [6.07, 6.45) is 1.44. The molecule has 6 heteroatoms. The number of hydrogen-bond acceptors (Lipinski definition) is 4. The van der Waals surface area contributed by atoms with Crippen molar-refractivity contribution in [2.75, 3.05) is 27.3 Å². The van der Waals surface area contributed by atoms with Gasteiger partial charge in [0.05, 0.1) is 19.8 Å². The maximum absolute atomic E-state index is 12.7. The molecule has 2 aromatic carbocycles. The van der Waals surface area contributed by atoms with Crippen LogP contribution in [0.3, 0.4) is 0 Å². The van der Waals surface area contributed by atoms with Gasteiger partial charge in [0.15, 0.2) is 0 Å². The smallest absolute Gasteiger partial charge is 0.257 e. The fourth-order valence-corrected chi connectivity index (χ4v) is 3.25. The summed E-state index contributed by atoms with van der Waals surface area (Å²) in [7, 11) is 3.14. The molecule has 0 spiro atoms. The summed E-state index contributed by atoms with van der Waals surface area (Å²) in [6, 6.07) is 14.4. The molecular weight excluding hydrogens is 344 g/mol. The van der Waals surface area contributed by atoms with E-state index in [1.807, 2.05) is 17.0 Å². The van der Waals surface area contributed by atoms with Gasteiger partial charge in [-0.05, 0) is 43.2 Å². The summed E-state index contributed by atoms with van der Waals surface area (Å²) in [5, 5.41) is 3.05. The van der Waals surface area contributed by atoms with Gasteiger partial charge in [-0.2, -0.15) is 0 Å². The van der Waals surface area contributed by atoms with E-state index < -0.39 is 0 Å². The second-order valence-corrected chi connectivity index (χ2v) is 6.47. The normalized spacial score (nSPS) is 14.5. The van der Waals surface area contributed by atoms with Crippen LogP contribution in [0.2, 0.25) is 0 Å². The Morgan fingerprint density at radius 3 is 2.44 bits per heavy atom. The maximum Gasteiger partial charge on any atom is 0.257 e. The summed E-state index contributed by atoms with van der Waals surface area (Å²) in [5.74, 6) is 1.07. The summed E-state index contributed by atoms with van der Waals surface area (Å²) in [6.45, 7) is 1.19. The Morgan fingerprint density at radius 1 is 1.00 bits per heavy atom. The van der Waals surface area contributed by atoms with Crippen molar-refractivity contribution in [3.05, 3.63) is 59.7 Å². The number of rotatable bonds is 5. The van der Waals surface area contributed by atoms with E-state index in [1.54, 1.807) is 50.6 Å². The van der Waals surface area contributed by atoms with Gasteiger partial charge in [-0.1, -0.05) is 18.2 Å². The van der Waals surface area contributed by atoms with Crippen molar-refractivity contribution in [3.63, 3.8) is 0 Å². The quantitative estimate of drug-likeness (QED) is 0.881. The van der Waals surface area contributed by atoms with E-state index in [9.17, 15) is 9.59 Å². The van der Waals surface area contributed by atoms with Gasteiger partial charge < -0.3 is 19.7 Å². The van der Waals surface area contributed by atoms with E-state index in [1.165, 1.54) is 0 Å². The van der Waals surface area contributed by atoms with Crippen LogP contribution in [0.1, 0.15) is 33.6 Å². The fourth-order valence-electron chi connectivity index (χ4n) is 3.25. The van der Waals surface area contributed by atoms with Crippen molar-refractivity contribution in [3.8, 4) is 11.5 Å². The summed E-state index contributed by atoms with van der Waals surface area (Å²) < 4.78 is 10.4. The van der Waals surface area contributed by atoms with Crippen LogP contribution in [-0.4, -0.2) is 50.1 Å². The molecule has 6 nitrogen and oxygen atoms in total. The largest absolute Gasteiger partial charge is 0.497 e. The van der Waals surface area contributed by atoms with Crippen LogP contribution in [0.4, 0.5) is 0 Å². The third-order valence-corrected chi connectivity index (χ3v) is 4.79.